The number of benzene rings is 3. The van der Waals surface area contributed by atoms with Gasteiger partial charge in [0.15, 0.2) is 5.76 Å². The number of carbonyl (C=O) groups is 2. The van der Waals surface area contributed by atoms with Gasteiger partial charge in [0.2, 0.25) is 5.78 Å². The summed E-state index contributed by atoms with van der Waals surface area (Å²) < 4.78 is 47.2. The highest BCUT2D eigenvalue weighted by Crippen LogP contribution is 2.62. The molecule has 3 N–H and O–H groups in total. The Morgan fingerprint density at radius 1 is 0.905 bits per heavy atom. The summed E-state index contributed by atoms with van der Waals surface area (Å²) in [7, 11) is 0. The minimum atomic E-state index is -4.60. The van der Waals surface area contributed by atoms with E-state index >= 15 is 0 Å². The molecule has 63 heavy (non-hydrogen) atoms. The molecule has 0 unspecified atom stereocenters. The van der Waals surface area contributed by atoms with Crippen LogP contribution in [0.5, 0.6) is 0 Å². The number of nitrogens with one attached hydrogen (secondary N) is 1. The lowest BCUT2D eigenvalue weighted by atomic mass is 9.49. The highest BCUT2D eigenvalue weighted by molar-refractivity contribution is 6.33. The maximum absolute atomic E-state index is 14.8. The highest BCUT2D eigenvalue weighted by atomic mass is 35.5. The molecule has 11 heteroatoms. The summed E-state index contributed by atoms with van der Waals surface area (Å²) in [5.74, 6) is 1.26. The topological polar surface area (TPSA) is 103 Å². The Labute approximate surface area is 373 Å². The van der Waals surface area contributed by atoms with Crippen molar-refractivity contribution in [1.29, 1.82) is 0 Å². The Kier molecular flexibility index (Phi) is 11.7. The minimum Gasteiger partial charge on any atom is -0.453 e. The van der Waals surface area contributed by atoms with Crippen LogP contribution in [0.15, 0.2) is 94.9 Å². The number of ketones is 1. The Balaban J connectivity index is 1.09. The molecule has 1 aromatic heterocycles. The van der Waals surface area contributed by atoms with Crippen LogP contribution in [0.2, 0.25) is 5.02 Å². The maximum atomic E-state index is 14.8. The number of rotatable bonds is 8. The summed E-state index contributed by atoms with van der Waals surface area (Å²) in [6, 6.07) is 20.9. The number of alkyl halides is 3. The summed E-state index contributed by atoms with van der Waals surface area (Å²) in [4.78, 5) is 31.4. The van der Waals surface area contributed by atoms with Gasteiger partial charge >= 0.3 is 12.2 Å². The largest absolute Gasteiger partial charge is 0.453 e. The van der Waals surface area contributed by atoms with E-state index in [0.717, 1.165) is 48.1 Å². The standard InChI is InChI=1S/C52H58ClF3N2O5/c1-32-7-6-19-49(2)43(18-20-51(49,62)31-58(48(61)57-38-8-4-3-5-9-38)30-50-27-34-21-35(28-50)23-36(22-34)29-50)40-14-11-33(24-39(59)13-10-32)25-41(40)47(60)46-17-16-45(63-46)42-26-37(52(54,55)56)12-15-44(42)53/h3-5,7-9,11-12,14-17,25-26,34-36,39,43,59,62H,6,10,13,18-24,27-31H2,1-2H3,(H,57,61)/t34?,35?,36?,39-,43-,49-,50?,51+/m0/s1. The van der Waals surface area contributed by atoms with Crippen molar-refractivity contribution in [3.63, 3.8) is 0 Å². The van der Waals surface area contributed by atoms with Crippen molar-refractivity contribution in [3.8, 4) is 11.3 Å². The molecule has 5 saturated carbocycles. The first-order valence-electron chi connectivity index (χ1n) is 22.8. The first-order chi connectivity index (χ1) is 30.0. The second-order valence-electron chi connectivity index (χ2n) is 20.2. The molecule has 5 fully saturated rings. The lowest BCUT2D eigenvalue weighted by Crippen LogP contribution is -2.58. The number of aliphatic hydroxyl groups excluding tert-OH is 1. The van der Waals surface area contributed by atoms with Crippen LogP contribution < -0.4 is 5.32 Å². The molecule has 0 radical (unpaired) electrons. The summed E-state index contributed by atoms with van der Waals surface area (Å²) in [5, 5.41) is 27.8. The molecule has 0 spiro atoms. The zero-order chi connectivity index (χ0) is 44.3. The molecule has 7 aliphatic carbocycles. The molecule has 6 bridgehead atoms. The van der Waals surface area contributed by atoms with Crippen molar-refractivity contribution in [1.82, 2.24) is 4.90 Å². The predicted molar refractivity (Wildman–Crippen MR) is 239 cm³/mol. The zero-order valence-corrected chi connectivity index (χ0v) is 36.9. The first kappa shape index (κ1) is 43.9. The van der Waals surface area contributed by atoms with E-state index in [-0.39, 0.29) is 46.0 Å². The van der Waals surface area contributed by atoms with Crippen LogP contribution in [0.1, 0.15) is 130 Å². The summed E-state index contributed by atoms with van der Waals surface area (Å²) in [5.41, 5.74) is 0.705. The number of hydrogen-bond donors (Lipinski definition) is 3. The van der Waals surface area contributed by atoms with E-state index < -0.39 is 34.6 Å². The number of amides is 2. The summed E-state index contributed by atoms with van der Waals surface area (Å²) in [6.45, 7) is 4.91. The third-order valence-corrected chi connectivity index (χ3v) is 16.1. The molecular weight excluding hydrogens is 825 g/mol. The molecule has 7 nitrogen and oxygen atoms in total. The van der Waals surface area contributed by atoms with E-state index in [9.17, 15) is 33.0 Å². The number of fused-ring (bicyclic) bond motifs is 8. The third kappa shape index (κ3) is 8.76. The number of urea groups is 1. The number of hydrogen-bond acceptors (Lipinski definition) is 5. The van der Waals surface area contributed by atoms with Gasteiger partial charge in [-0.05, 0) is 179 Å². The number of nitrogens with zero attached hydrogens (tertiary/aromatic N) is 1. The Morgan fingerprint density at radius 2 is 1.62 bits per heavy atom. The molecule has 4 aromatic rings. The Morgan fingerprint density at radius 3 is 2.32 bits per heavy atom. The molecule has 1 heterocycles. The number of anilines is 1. The van der Waals surface area contributed by atoms with Crippen molar-refractivity contribution >= 4 is 29.1 Å². The van der Waals surface area contributed by atoms with Gasteiger partial charge in [-0.2, -0.15) is 13.2 Å². The van der Waals surface area contributed by atoms with Crippen LogP contribution in [-0.4, -0.2) is 51.7 Å². The quantitative estimate of drug-likeness (QED) is 0.121. The van der Waals surface area contributed by atoms with Gasteiger partial charge in [-0.15, -0.1) is 0 Å². The number of para-hydroxylation sites is 1. The highest BCUT2D eigenvalue weighted by Gasteiger charge is 2.59. The zero-order valence-electron chi connectivity index (χ0n) is 36.2. The number of carbonyl (C=O) groups excluding carboxylic acids is 2. The van der Waals surface area contributed by atoms with Crippen molar-refractivity contribution in [2.24, 2.45) is 28.6 Å². The van der Waals surface area contributed by atoms with E-state index in [1.54, 1.807) is 6.07 Å². The van der Waals surface area contributed by atoms with E-state index in [4.69, 9.17) is 16.0 Å². The van der Waals surface area contributed by atoms with Crippen LogP contribution in [0.25, 0.3) is 11.3 Å². The molecule has 3 aromatic carbocycles. The average Bonchev–Trinajstić information content (AvgIpc) is 3.81. The van der Waals surface area contributed by atoms with E-state index in [2.05, 4.69) is 25.2 Å². The van der Waals surface area contributed by atoms with Gasteiger partial charge in [0.25, 0.3) is 0 Å². The average molecular weight is 883 g/mol. The number of furan rings is 1. The van der Waals surface area contributed by atoms with Gasteiger partial charge in [-0.3, -0.25) is 4.79 Å². The molecular formula is C52H58ClF3N2O5. The Hall–Kier alpha value is -4.38. The van der Waals surface area contributed by atoms with Crippen LogP contribution in [0.4, 0.5) is 23.7 Å². The second-order valence-corrected chi connectivity index (χ2v) is 20.6. The number of halogens is 4. The van der Waals surface area contributed by atoms with Crippen molar-refractivity contribution in [3.05, 3.63) is 124 Å². The van der Waals surface area contributed by atoms with Crippen molar-refractivity contribution < 1.29 is 37.4 Å². The lowest BCUT2D eigenvalue weighted by molar-refractivity contribution is -0.137. The predicted octanol–water partition coefficient (Wildman–Crippen LogP) is 12.6. The normalized spacial score (nSPS) is 30.4. The van der Waals surface area contributed by atoms with Gasteiger partial charge in [0.1, 0.15) is 5.76 Å². The van der Waals surface area contributed by atoms with Crippen LogP contribution in [0.3, 0.4) is 0 Å². The third-order valence-electron chi connectivity index (χ3n) is 15.8. The summed E-state index contributed by atoms with van der Waals surface area (Å²) in [6.07, 6.45) is 7.85. The second kappa shape index (κ2) is 16.9. The van der Waals surface area contributed by atoms with Gasteiger partial charge < -0.3 is 24.8 Å². The molecule has 0 saturated heterocycles. The van der Waals surface area contributed by atoms with Crippen LogP contribution in [0, 0.1) is 28.6 Å². The SMILES string of the molecule is CC1=CCC[C@@]2(C)[C@@H](CC[C@@]2(O)CN(CC23CC4CC(CC(C4)C2)C3)C(=O)Nc2ccccc2)c2ccc(cc2C(=O)c2ccc(-c3cc(C(F)(F)F)ccc3Cl)o2)C[C@@H](O)CC1. The Bertz CT molecular complexity index is 2360. The van der Waals surface area contributed by atoms with Gasteiger partial charge in [-0.1, -0.05) is 60.5 Å². The molecule has 2 amide bonds. The minimum absolute atomic E-state index is 0.0152. The smallest absolute Gasteiger partial charge is 0.416 e. The summed E-state index contributed by atoms with van der Waals surface area (Å²) >= 11 is 6.39. The molecule has 11 rings (SSSR count). The first-order valence-corrected chi connectivity index (χ1v) is 23.2. The fourth-order valence-electron chi connectivity index (χ4n) is 13.0. The van der Waals surface area contributed by atoms with Crippen LogP contribution in [-0.2, 0) is 12.6 Å². The molecule has 334 valence electrons. The van der Waals surface area contributed by atoms with Gasteiger partial charge in [0, 0.05) is 28.8 Å². The van der Waals surface area contributed by atoms with E-state index in [0.29, 0.717) is 80.5 Å². The van der Waals surface area contributed by atoms with Crippen molar-refractivity contribution in [2.75, 3.05) is 18.4 Å². The van der Waals surface area contributed by atoms with Crippen molar-refractivity contribution in [2.45, 2.75) is 121 Å². The van der Waals surface area contributed by atoms with Gasteiger partial charge in [0.05, 0.1) is 28.8 Å². The van der Waals surface area contributed by atoms with E-state index in [1.165, 1.54) is 37.5 Å². The fourth-order valence-corrected chi connectivity index (χ4v) is 13.2. The van der Waals surface area contributed by atoms with Crippen LogP contribution >= 0.6 is 11.6 Å². The van der Waals surface area contributed by atoms with E-state index in [1.807, 2.05) is 47.4 Å². The van der Waals surface area contributed by atoms with Gasteiger partial charge in [-0.25, -0.2) is 4.79 Å². The molecule has 4 atom stereocenters. The maximum Gasteiger partial charge on any atom is 0.416 e. The molecule has 7 aliphatic rings. The fraction of sp³-hybridized carbons (Fsp3) is 0.500. The lowest BCUT2D eigenvalue weighted by Gasteiger charge is -2.58. The number of allylic oxidation sites excluding steroid dienone is 2. The monoisotopic (exact) mass is 882 g/mol. The number of aliphatic hydroxyl groups is 2. The molecule has 0 aliphatic heterocycles.